The van der Waals surface area contributed by atoms with Crippen molar-refractivity contribution in [3.63, 3.8) is 0 Å². The SMILES string of the molecule is N=C1c2c(nc[nH]c2=O)C(c2ccc(F)s2)=CC1c1cccc2[nH]ncc12. The number of aromatic nitrogens is 4. The fraction of sp³-hybridized carbons (Fsp3) is 0.0526. The Hall–Kier alpha value is -3.39. The van der Waals surface area contributed by atoms with Crippen molar-refractivity contribution in [2.24, 2.45) is 0 Å². The maximum atomic E-state index is 13.6. The van der Waals surface area contributed by atoms with Crippen LogP contribution in [0.15, 0.2) is 53.7 Å². The maximum absolute atomic E-state index is 13.6. The summed E-state index contributed by atoms with van der Waals surface area (Å²) >= 11 is 0.991. The number of hydrogen-bond donors (Lipinski definition) is 3. The highest BCUT2D eigenvalue weighted by Gasteiger charge is 2.31. The molecule has 27 heavy (non-hydrogen) atoms. The third-order valence-electron chi connectivity index (χ3n) is 4.71. The maximum Gasteiger partial charge on any atom is 0.260 e. The molecule has 0 spiro atoms. The molecule has 0 amide bonds. The van der Waals surface area contributed by atoms with E-state index in [9.17, 15) is 9.18 Å². The smallest absolute Gasteiger partial charge is 0.260 e. The Bertz CT molecular complexity index is 1300. The van der Waals surface area contributed by atoms with Gasteiger partial charge in [-0.1, -0.05) is 18.2 Å². The van der Waals surface area contributed by atoms with Crippen LogP contribution in [0.1, 0.15) is 27.6 Å². The van der Waals surface area contributed by atoms with E-state index in [2.05, 4.69) is 20.2 Å². The number of thiophene rings is 1. The number of nitrogens with zero attached hydrogens (tertiary/aromatic N) is 2. The van der Waals surface area contributed by atoms with Crippen molar-refractivity contribution in [1.82, 2.24) is 20.2 Å². The Balaban J connectivity index is 1.80. The predicted molar refractivity (Wildman–Crippen MR) is 102 cm³/mol. The van der Waals surface area contributed by atoms with Crippen molar-refractivity contribution in [1.29, 1.82) is 5.41 Å². The highest BCUT2D eigenvalue weighted by Crippen LogP contribution is 2.39. The van der Waals surface area contributed by atoms with Crippen molar-refractivity contribution in [3.05, 3.63) is 86.1 Å². The summed E-state index contributed by atoms with van der Waals surface area (Å²) in [6.45, 7) is 0. The van der Waals surface area contributed by atoms with E-state index in [4.69, 9.17) is 5.41 Å². The van der Waals surface area contributed by atoms with Crippen LogP contribution in [0.2, 0.25) is 0 Å². The largest absolute Gasteiger partial charge is 0.313 e. The molecule has 3 heterocycles. The van der Waals surface area contributed by atoms with Gasteiger partial charge in [-0.05, 0) is 23.8 Å². The summed E-state index contributed by atoms with van der Waals surface area (Å²) in [6.07, 6.45) is 4.90. The van der Waals surface area contributed by atoms with E-state index < -0.39 is 5.92 Å². The van der Waals surface area contributed by atoms with Gasteiger partial charge in [0.2, 0.25) is 0 Å². The lowest BCUT2D eigenvalue weighted by Crippen LogP contribution is -2.28. The van der Waals surface area contributed by atoms with E-state index in [0.29, 0.717) is 16.1 Å². The molecule has 1 unspecified atom stereocenters. The predicted octanol–water partition coefficient (Wildman–Crippen LogP) is 3.44. The number of hydrogen-bond acceptors (Lipinski definition) is 5. The van der Waals surface area contributed by atoms with Crippen LogP contribution in [0, 0.1) is 10.5 Å². The van der Waals surface area contributed by atoms with Crippen LogP contribution in [0.25, 0.3) is 16.5 Å². The van der Waals surface area contributed by atoms with Crippen LogP contribution in [0.4, 0.5) is 4.39 Å². The molecule has 0 saturated carbocycles. The second kappa shape index (κ2) is 5.82. The van der Waals surface area contributed by atoms with Crippen molar-refractivity contribution >= 4 is 33.5 Å². The molecule has 6 nitrogen and oxygen atoms in total. The molecule has 3 aromatic heterocycles. The lowest BCUT2D eigenvalue weighted by Gasteiger charge is -2.24. The molecule has 0 saturated heterocycles. The summed E-state index contributed by atoms with van der Waals surface area (Å²) in [7, 11) is 0. The van der Waals surface area contributed by atoms with E-state index >= 15 is 0 Å². The molecule has 0 fully saturated rings. The van der Waals surface area contributed by atoms with Gasteiger partial charge in [-0.3, -0.25) is 9.89 Å². The molecule has 0 bridgehead atoms. The monoisotopic (exact) mass is 377 g/mol. The Morgan fingerprint density at radius 1 is 1.22 bits per heavy atom. The van der Waals surface area contributed by atoms with Crippen LogP contribution < -0.4 is 5.56 Å². The zero-order chi connectivity index (χ0) is 18.5. The number of rotatable bonds is 2. The molecule has 1 aliphatic rings. The Morgan fingerprint density at radius 3 is 2.93 bits per heavy atom. The van der Waals surface area contributed by atoms with E-state index in [1.165, 1.54) is 12.4 Å². The van der Waals surface area contributed by atoms with E-state index in [1.54, 1.807) is 12.3 Å². The minimum absolute atomic E-state index is 0.161. The van der Waals surface area contributed by atoms with Crippen LogP contribution >= 0.6 is 11.3 Å². The first-order chi connectivity index (χ1) is 13.1. The molecular formula is C19H12FN5OS. The van der Waals surface area contributed by atoms with E-state index in [-0.39, 0.29) is 22.0 Å². The molecule has 1 atom stereocenters. The first-order valence-corrected chi connectivity index (χ1v) is 9.01. The van der Waals surface area contributed by atoms with Gasteiger partial charge in [0.15, 0.2) is 5.13 Å². The summed E-state index contributed by atoms with van der Waals surface area (Å²) in [5, 5.41) is 16.3. The van der Waals surface area contributed by atoms with Crippen molar-refractivity contribution in [2.45, 2.75) is 5.92 Å². The van der Waals surface area contributed by atoms with Gasteiger partial charge in [0.25, 0.3) is 5.56 Å². The number of H-pyrrole nitrogens is 2. The highest BCUT2D eigenvalue weighted by atomic mass is 32.1. The van der Waals surface area contributed by atoms with Gasteiger partial charge >= 0.3 is 0 Å². The fourth-order valence-electron chi connectivity index (χ4n) is 3.50. The van der Waals surface area contributed by atoms with Crippen molar-refractivity contribution in [2.75, 3.05) is 0 Å². The Labute approximate surface area is 155 Å². The van der Waals surface area contributed by atoms with Crippen LogP contribution in [0.3, 0.4) is 0 Å². The Morgan fingerprint density at radius 2 is 2.11 bits per heavy atom. The van der Waals surface area contributed by atoms with Gasteiger partial charge in [-0.2, -0.15) is 9.49 Å². The number of nitrogens with one attached hydrogen (secondary N) is 3. The lowest BCUT2D eigenvalue weighted by molar-refractivity contribution is 0.657. The van der Waals surface area contributed by atoms with E-state index in [1.807, 2.05) is 24.3 Å². The molecule has 4 aromatic rings. The summed E-state index contributed by atoms with van der Waals surface area (Å²) in [4.78, 5) is 20.0. The van der Waals surface area contributed by atoms with Gasteiger partial charge in [0.1, 0.15) is 0 Å². The molecule has 1 aliphatic carbocycles. The summed E-state index contributed by atoms with van der Waals surface area (Å²) < 4.78 is 13.6. The van der Waals surface area contributed by atoms with E-state index in [0.717, 1.165) is 27.8 Å². The lowest BCUT2D eigenvalue weighted by atomic mass is 9.81. The third-order valence-corrected chi connectivity index (χ3v) is 5.62. The first-order valence-electron chi connectivity index (χ1n) is 8.20. The Kier molecular flexibility index (Phi) is 3.41. The minimum atomic E-state index is -0.468. The number of allylic oxidation sites excluding steroid dienone is 1. The molecule has 3 N–H and O–H groups in total. The van der Waals surface area contributed by atoms with Crippen LogP contribution in [-0.4, -0.2) is 25.9 Å². The van der Waals surface area contributed by atoms with Crippen LogP contribution in [0.5, 0.6) is 0 Å². The van der Waals surface area contributed by atoms with Gasteiger partial charge in [0.05, 0.1) is 35.0 Å². The second-order valence-electron chi connectivity index (χ2n) is 6.21. The molecule has 0 aliphatic heterocycles. The first kappa shape index (κ1) is 15.8. The fourth-order valence-corrected chi connectivity index (χ4v) is 4.26. The number of fused-ring (bicyclic) bond motifs is 2. The molecule has 1 aromatic carbocycles. The molecular weight excluding hydrogens is 365 g/mol. The topological polar surface area (TPSA) is 98.3 Å². The van der Waals surface area contributed by atoms with Gasteiger partial charge < -0.3 is 10.4 Å². The van der Waals surface area contributed by atoms with Crippen LogP contribution in [-0.2, 0) is 0 Å². The second-order valence-corrected chi connectivity index (χ2v) is 7.24. The number of benzene rings is 1. The summed E-state index contributed by atoms with van der Waals surface area (Å²) in [6, 6.07) is 8.75. The highest BCUT2D eigenvalue weighted by molar-refractivity contribution is 7.11. The quantitative estimate of drug-likeness (QED) is 0.499. The van der Waals surface area contributed by atoms with Crippen molar-refractivity contribution < 1.29 is 4.39 Å². The van der Waals surface area contributed by atoms with Gasteiger partial charge in [0, 0.05) is 21.8 Å². The average molecular weight is 377 g/mol. The van der Waals surface area contributed by atoms with Gasteiger partial charge in [-0.25, -0.2) is 4.98 Å². The molecule has 132 valence electrons. The standard InChI is InChI=1S/C19H12FN5OS/c20-15-5-4-14(27-15)11-6-10(9-2-1-3-13-12(9)7-24-25-13)17(21)16-18(11)22-8-23-19(16)26/h1-8,10,21H,(H,24,25)(H,22,23,26). The normalized spacial score (nSPS) is 16.4. The molecule has 8 heteroatoms. The third kappa shape index (κ3) is 2.37. The number of aromatic amines is 2. The minimum Gasteiger partial charge on any atom is -0.313 e. The zero-order valence-electron chi connectivity index (χ0n) is 13.8. The number of halogens is 1. The van der Waals surface area contributed by atoms with Crippen molar-refractivity contribution in [3.8, 4) is 0 Å². The molecule has 5 rings (SSSR count). The summed E-state index contributed by atoms with van der Waals surface area (Å²) in [5.41, 5.74) is 2.77. The zero-order valence-corrected chi connectivity index (χ0v) is 14.6. The molecule has 0 radical (unpaired) electrons. The van der Waals surface area contributed by atoms with Gasteiger partial charge in [-0.15, -0.1) is 11.3 Å². The summed E-state index contributed by atoms with van der Waals surface area (Å²) in [5.74, 6) is -0.468. The average Bonchev–Trinajstić information content (AvgIpc) is 3.31.